The maximum absolute atomic E-state index is 14.5. The van der Waals surface area contributed by atoms with Gasteiger partial charge in [0.25, 0.3) is 11.8 Å². The minimum Gasteiger partial charge on any atom is -0.493 e. The number of aliphatic imine (C=N–C) groups is 1. The topological polar surface area (TPSA) is 300 Å². The van der Waals surface area contributed by atoms with Crippen molar-refractivity contribution in [2.24, 2.45) is 34.7 Å². The molecule has 540 valence electrons. The second-order valence-corrected chi connectivity index (χ2v) is 29.0. The van der Waals surface area contributed by atoms with Gasteiger partial charge >= 0.3 is 6.09 Å². The van der Waals surface area contributed by atoms with Crippen molar-refractivity contribution in [3.05, 3.63) is 125 Å². The number of benzene rings is 5. The van der Waals surface area contributed by atoms with Gasteiger partial charge in [0.05, 0.1) is 92.5 Å². The van der Waals surface area contributed by atoms with Crippen molar-refractivity contribution in [3.8, 4) is 45.5 Å². The summed E-state index contributed by atoms with van der Waals surface area (Å²) in [5, 5.41) is 26.3. The van der Waals surface area contributed by atoms with E-state index in [1.165, 1.54) is 13.2 Å². The summed E-state index contributed by atoms with van der Waals surface area (Å²) in [6, 6.07) is 27.0. The number of carbonyl (C=O) groups is 9. The standard InChI is InChI=1S/C78H88N10O15/c1-46(2)56(33-53(90)41-80-68(92)24-22-52(89)23-25-69(93)85-42-50-14-8-9-15-54(50)70-71(84(4)83-82-70)55-16-10-11-17-60(55)85)72(94)81-47(3)63(91)32-48-18-20-49(21-19-48)43-103-76(98)88-61-37-67(65(100-6)35-58(61)74(96)87-45-78(28-29-78)39-62(87)75(88)97)102-31-13-7-12-30-101-66-36-59-57(34-64(66)99-5)73(95)86-44-77(26-27-77)38-51(86)40-79-59/h8-11,14-21,34-37,40,46-47,51,56,62,75,97H,7,12-13,22-33,38-39,41-45H2,1-6H3,(H,80,92)(H,81,94)/t47-,51-,56-,62-,75?/m0/s1. The molecular weight excluding hydrogens is 1320 g/mol. The number of anilines is 2. The number of ketones is 3. The molecule has 2 saturated carbocycles. The number of rotatable bonds is 28. The first-order valence-corrected chi connectivity index (χ1v) is 35.7. The van der Waals surface area contributed by atoms with Crippen molar-refractivity contribution in [2.75, 3.05) is 56.9 Å². The minimum absolute atomic E-state index is 0.0135. The highest BCUT2D eigenvalue weighted by Crippen LogP contribution is 2.58. The summed E-state index contributed by atoms with van der Waals surface area (Å²) in [7, 11) is 4.82. The fourth-order valence-corrected chi connectivity index (χ4v) is 15.0. The molecule has 6 aromatic rings. The van der Waals surface area contributed by atoms with Crippen LogP contribution in [0.25, 0.3) is 22.5 Å². The molecule has 0 radical (unpaired) electrons. The number of hydrogen-bond donors (Lipinski definition) is 3. The average molecular weight is 1410 g/mol. The number of nitrogens with one attached hydrogen (secondary N) is 2. The Morgan fingerprint density at radius 2 is 1.32 bits per heavy atom. The van der Waals surface area contributed by atoms with Crippen LogP contribution in [0.2, 0.25) is 0 Å². The van der Waals surface area contributed by atoms with E-state index in [0.29, 0.717) is 84.1 Å². The zero-order valence-corrected chi connectivity index (χ0v) is 59.1. The Bertz CT molecular complexity index is 4350. The normalized spacial score (nSPS) is 18.9. The van der Waals surface area contributed by atoms with Crippen LogP contribution in [0.4, 0.5) is 21.9 Å². The van der Waals surface area contributed by atoms with Crippen molar-refractivity contribution in [1.29, 1.82) is 0 Å². The maximum Gasteiger partial charge on any atom is 0.416 e. The molecule has 3 N–H and O–H groups in total. The van der Waals surface area contributed by atoms with E-state index in [1.807, 2.05) is 59.6 Å². The van der Waals surface area contributed by atoms with Crippen LogP contribution in [-0.4, -0.2) is 161 Å². The van der Waals surface area contributed by atoms with Crippen LogP contribution < -0.4 is 39.4 Å². The Hall–Kier alpha value is -10.3. The zero-order valence-electron chi connectivity index (χ0n) is 59.1. The number of carbonyl (C=O) groups excluding carboxylic acids is 9. The second-order valence-electron chi connectivity index (χ2n) is 29.0. The Labute approximate surface area is 597 Å². The van der Waals surface area contributed by atoms with E-state index in [9.17, 15) is 48.3 Å². The zero-order chi connectivity index (χ0) is 72.4. The fraction of sp³-hybridized carbons (Fsp3) is 0.462. The maximum atomic E-state index is 14.5. The highest BCUT2D eigenvalue weighted by Gasteiger charge is 2.58. The number of Topliss-reactive ketones (excluding diaryl/α,β-unsaturated/α-hetero) is 3. The number of amides is 6. The van der Waals surface area contributed by atoms with Gasteiger partial charge in [-0.2, -0.15) is 0 Å². The van der Waals surface area contributed by atoms with E-state index in [1.54, 1.807) is 91.9 Å². The molecule has 2 aliphatic carbocycles. The number of aromatic nitrogens is 3. The summed E-state index contributed by atoms with van der Waals surface area (Å²) in [6.45, 7) is 6.61. The van der Waals surface area contributed by atoms with Gasteiger partial charge in [-0.1, -0.05) is 85.8 Å². The lowest BCUT2D eigenvalue weighted by Crippen LogP contribution is -2.50. The monoisotopic (exact) mass is 1400 g/mol. The van der Waals surface area contributed by atoms with Crippen LogP contribution in [-0.2, 0) is 60.1 Å². The molecule has 7 aliphatic rings. The third-order valence-corrected chi connectivity index (χ3v) is 21.4. The summed E-state index contributed by atoms with van der Waals surface area (Å²) >= 11 is 0. The lowest BCUT2D eigenvalue weighted by Gasteiger charge is -2.31. The first kappa shape index (κ1) is 71.1. The molecule has 5 atom stereocenters. The molecule has 25 nitrogen and oxygen atoms in total. The number of unbranched alkanes of at least 4 members (excludes halogenated alkanes) is 2. The molecule has 1 unspecified atom stereocenters. The average Bonchev–Trinajstić information content (AvgIpc) is 1.58. The number of aryl methyl sites for hydroxylation is 1. The van der Waals surface area contributed by atoms with E-state index in [4.69, 9.17) is 28.7 Å². The lowest BCUT2D eigenvalue weighted by atomic mass is 9.89. The Kier molecular flexibility index (Phi) is 20.7. The minimum atomic E-state index is -1.46. The van der Waals surface area contributed by atoms with Crippen LogP contribution in [0.1, 0.15) is 148 Å². The van der Waals surface area contributed by atoms with Crippen LogP contribution in [0.15, 0.2) is 102 Å². The molecule has 6 amide bonds. The molecule has 5 aromatic carbocycles. The number of ether oxygens (including phenoxy) is 5. The number of methoxy groups -OCH3 is 2. The number of aliphatic hydroxyl groups excluding tert-OH is 1. The molecule has 4 fully saturated rings. The summed E-state index contributed by atoms with van der Waals surface area (Å²) in [6.07, 6.45) is 6.32. The quantitative estimate of drug-likeness (QED) is 0.0385. The van der Waals surface area contributed by atoms with Crippen LogP contribution in [0, 0.1) is 22.7 Å². The van der Waals surface area contributed by atoms with Gasteiger partial charge in [-0.05, 0) is 116 Å². The molecular formula is C78H88N10O15. The van der Waals surface area contributed by atoms with E-state index >= 15 is 0 Å². The highest BCUT2D eigenvalue weighted by molar-refractivity contribution is 6.07. The number of hydrogen-bond acceptors (Lipinski definition) is 18. The Morgan fingerprint density at radius 3 is 2.03 bits per heavy atom. The molecule has 0 bridgehead atoms. The van der Waals surface area contributed by atoms with Gasteiger partial charge in [0.15, 0.2) is 40.8 Å². The SMILES string of the molecule is COc1cc2c(cc1OCCCCCOc1cc3c(cc1OC)C(=O)N1CC4(CC4)C[C@H]1C(O)N3C(=O)OCc1ccc(CC(=O)[C@H](C)NC(=O)[C@@H](CC(=O)CNC(=O)CCC(=O)CCC(=O)N3Cc4ccccc4-c4nnn(C)c4-c4ccccc43)C(C)C)cc1)N=C[C@@H]1CC3(CC3)CN1C2=O. The van der Waals surface area contributed by atoms with E-state index in [-0.39, 0.29) is 140 Å². The number of fused-ring (bicyclic) bond motifs is 9. The van der Waals surface area contributed by atoms with Gasteiger partial charge in [0.1, 0.15) is 18.1 Å². The summed E-state index contributed by atoms with van der Waals surface area (Å²) < 4.78 is 31.5. The van der Waals surface area contributed by atoms with Gasteiger partial charge in [0, 0.05) is 94.1 Å². The van der Waals surface area contributed by atoms with Crippen LogP contribution >= 0.6 is 0 Å². The van der Waals surface area contributed by atoms with Crippen molar-refractivity contribution >= 4 is 76.3 Å². The molecule has 2 spiro atoms. The first-order valence-electron chi connectivity index (χ1n) is 35.7. The third-order valence-electron chi connectivity index (χ3n) is 21.4. The van der Waals surface area contributed by atoms with Gasteiger partial charge in [-0.15, -0.1) is 5.10 Å². The second kappa shape index (κ2) is 30.0. The van der Waals surface area contributed by atoms with E-state index in [0.717, 1.165) is 65.9 Å². The predicted octanol–water partition coefficient (Wildman–Crippen LogP) is 9.62. The molecule has 25 heteroatoms. The molecule has 6 heterocycles. The lowest BCUT2D eigenvalue weighted by molar-refractivity contribution is -0.133. The Morgan fingerprint density at radius 1 is 0.680 bits per heavy atom. The van der Waals surface area contributed by atoms with Crippen molar-refractivity contribution in [2.45, 2.75) is 155 Å². The van der Waals surface area contributed by atoms with Crippen LogP contribution in [0.5, 0.6) is 23.0 Å². The largest absolute Gasteiger partial charge is 0.493 e. The Balaban J connectivity index is 0.557. The molecule has 2 saturated heterocycles. The number of nitrogens with zero attached hydrogens (tertiary/aromatic N) is 8. The smallest absolute Gasteiger partial charge is 0.416 e. The number of para-hydroxylation sites is 1. The molecule has 1 aromatic heterocycles. The summed E-state index contributed by atoms with van der Waals surface area (Å²) in [5.41, 5.74) is 7.27. The number of aliphatic hydroxyl groups is 1. The van der Waals surface area contributed by atoms with E-state index < -0.39 is 47.9 Å². The summed E-state index contributed by atoms with van der Waals surface area (Å²) in [5.74, 6) is -2.30. The summed E-state index contributed by atoms with van der Waals surface area (Å²) in [4.78, 5) is 134. The molecule has 5 aliphatic heterocycles. The van der Waals surface area contributed by atoms with Crippen molar-refractivity contribution in [3.63, 3.8) is 0 Å². The predicted molar refractivity (Wildman–Crippen MR) is 380 cm³/mol. The van der Waals surface area contributed by atoms with Gasteiger partial charge < -0.3 is 54.1 Å². The fourth-order valence-electron chi connectivity index (χ4n) is 15.0. The van der Waals surface area contributed by atoms with E-state index in [2.05, 4.69) is 20.9 Å². The van der Waals surface area contributed by atoms with Gasteiger partial charge in [-0.3, -0.25) is 43.3 Å². The van der Waals surface area contributed by atoms with Gasteiger partial charge in [0.2, 0.25) is 17.7 Å². The third kappa shape index (κ3) is 15.3. The van der Waals surface area contributed by atoms with Crippen molar-refractivity contribution in [1.82, 2.24) is 35.4 Å². The molecule has 13 rings (SSSR count). The van der Waals surface area contributed by atoms with Crippen LogP contribution in [0.3, 0.4) is 0 Å². The highest BCUT2D eigenvalue weighted by atomic mass is 16.6. The van der Waals surface area contributed by atoms with Gasteiger partial charge in [-0.25, -0.2) is 14.4 Å². The first-order chi connectivity index (χ1) is 49.6. The van der Waals surface area contributed by atoms with Crippen molar-refractivity contribution < 1.29 is 71.9 Å². The molecule has 103 heavy (non-hydrogen) atoms.